The lowest BCUT2D eigenvalue weighted by atomic mass is 10.1. The van der Waals surface area contributed by atoms with Gasteiger partial charge in [-0.2, -0.15) is 0 Å². The fourth-order valence-corrected chi connectivity index (χ4v) is 7.23. The van der Waals surface area contributed by atoms with Crippen LogP contribution >= 0.6 is 11.8 Å². The lowest BCUT2D eigenvalue weighted by Gasteiger charge is -2.25. The molecule has 0 saturated carbocycles. The first kappa shape index (κ1) is 21.1. The summed E-state index contributed by atoms with van der Waals surface area (Å²) in [4.78, 5) is 16.5. The van der Waals surface area contributed by atoms with E-state index in [1.807, 2.05) is 55.5 Å². The largest absolute Gasteiger partial charge is 0.307 e. The van der Waals surface area contributed by atoms with Crippen LogP contribution in [0.1, 0.15) is 29.3 Å². The highest BCUT2D eigenvalue weighted by Gasteiger charge is 2.36. The van der Waals surface area contributed by atoms with E-state index in [2.05, 4.69) is 0 Å². The number of para-hydroxylation sites is 2. The van der Waals surface area contributed by atoms with Crippen LogP contribution in [0.4, 0.5) is 11.4 Å². The van der Waals surface area contributed by atoms with E-state index in [4.69, 9.17) is 0 Å². The molecule has 164 valence electrons. The molecule has 3 aromatic rings. The number of amides is 1. The molecule has 5 rings (SSSR count). The Morgan fingerprint density at radius 3 is 2.56 bits per heavy atom. The summed E-state index contributed by atoms with van der Waals surface area (Å²) in [5.74, 6) is 0.772. The maximum atomic E-state index is 13.6. The van der Waals surface area contributed by atoms with Gasteiger partial charge in [-0.05, 0) is 67.5 Å². The van der Waals surface area contributed by atoms with E-state index < -0.39 is 10.0 Å². The van der Waals surface area contributed by atoms with Crippen LogP contribution in [0.25, 0.3) is 0 Å². The van der Waals surface area contributed by atoms with Gasteiger partial charge >= 0.3 is 0 Å². The molecule has 2 heterocycles. The second kappa shape index (κ2) is 8.30. The summed E-state index contributed by atoms with van der Waals surface area (Å²) in [6.07, 6.45) is 1.56. The summed E-state index contributed by atoms with van der Waals surface area (Å²) in [6, 6.07) is 21.8. The van der Waals surface area contributed by atoms with E-state index in [0.29, 0.717) is 18.5 Å². The molecule has 0 N–H and O–H groups in total. The van der Waals surface area contributed by atoms with E-state index in [0.717, 1.165) is 34.0 Å². The third kappa shape index (κ3) is 3.59. The Bertz CT molecular complexity index is 1290. The number of thioether (sulfide) groups is 1. The molecule has 1 amide bonds. The van der Waals surface area contributed by atoms with Gasteiger partial charge < -0.3 is 4.90 Å². The molecular weight excluding hydrogens is 440 g/mol. The molecule has 7 heteroatoms. The number of carbonyl (C=O) groups is 1. The zero-order valence-electron chi connectivity index (χ0n) is 17.8. The Balaban J connectivity index is 1.51. The molecule has 1 unspecified atom stereocenters. The van der Waals surface area contributed by atoms with Crippen molar-refractivity contribution < 1.29 is 13.2 Å². The van der Waals surface area contributed by atoms with Crippen molar-refractivity contribution in [2.75, 3.05) is 21.5 Å². The van der Waals surface area contributed by atoms with Crippen molar-refractivity contribution in [1.82, 2.24) is 0 Å². The average Bonchev–Trinajstić information content (AvgIpc) is 3.01. The van der Waals surface area contributed by atoms with Crippen molar-refractivity contribution in [1.29, 1.82) is 0 Å². The van der Waals surface area contributed by atoms with Gasteiger partial charge in [-0.25, -0.2) is 8.42 Å². The molecule has 0 aromatic heterocycles. The van der Waals surface area contributed by atoms with Crippen LogP contribution in [0.3, 0.4) is 0 Å². The summed E-state index contributed by atoms with van der Waals surface area (Å²) in [5, 5.41) is 0. The molecule has 0 spiro atoms. The number of hydrogen-bond acceptors (Lipinski definition) is 4. The molecule has 0 saturated heterocycles. The number of benzene rings is 3. The van der Waals surface area contributed by atoms with Gasteiger partial charge in [0.15, 0.2) is 0 Å². The highest BCUT2D eigenvalue weighted by atomic mass is 32.2. The summed E-state index contributed by atoms with van der Waals surface area (Å²) in [6.45, 7) is 2.52. The molecule has 0 radical (unpaired) electrons. The van der Waals surface area contributed by atoms with Crippen molar-refractivity contribution in [2.45, 2.75) is 35.6 Å². The van der Waals surface area contributed by atoms with Crippen LogP contribution in [0.2, 0.25) is 0 Å². The van der Waals surface area contributed by atoms with Crippen molar-refractivity contribution in [3.05, 3.63) is 83.9 Å². The average molecular weight is 465 g/mol. The first-order valence-electron chi connectivity index (χ1n) is 10.7. The summed E-state index contributed by atoms with van der Waals surface area (Å²) in [5.41, 5.74) is 3.01. The molecule has 0 fully saturated rings. The van der Waals surface area contributed by atoms with Crippen LogP contribution in [-0.4, -0.2) is 32.7 Å². The van der Waals surface area contributed by atoms with Crippen LogP contribution in [-0.2, 0) is 16.4 Å². The summed E-state index contributed by atoms with van der Waals surface area (Å²) in [7, 11) is -3.80. The van der Waals surface area contributed by atoms with Crippen LogP contribution in [0, 0.1) is 0 Å². The quantitative estimate of drug-likeness (QED) is 0.549. The van der Waals surface area contributed by atoms with E-state index in [1.165, 1.54) is 10.4 Å². The minimum atomic E-state index is -3.80. The first-order chi connectivity index (χ1) is 15.5. The lowest BCUT2D eigenvalue weighted by Crippen LogP contribution is -2.36. The number of nitrogens with zero attached hydrogens (tertiary/aromatic N) is 2. The molecular formula is C25H24N2O3S2. The smallest absolute Gasteiger partial charge is 0.264 e. The van der Waals surface area contributed by atoms with Gasteiger partial charge in [0.05, 0.1) is 16.3 Å². The molecule has 3 aromatic carbocycles. The van der Waals surface area contributed by atoms with Crippen molar-refractivity contribution in [2.24, 2.45) is 0 Å². The Labute approximate surface area is 193 Å². The zero-order valence-corrected chi connectivity index (χ0v) is 19.4. The van der Waals surface area contributed by atoms with E-state index in [1.54, 1.807) is 34.9 Å². The highest BCUT2D eigenvalue weighted by Crippen LogP contribution is 2.37. The third-order valence-electron chi connectivity index (χ3n) is 5.97. The standard InChI is InChI=1S/C25H24N2O3S2/c1-18-16-19-8-2-3-11-22(19)27(18)32(29,30)21-10-6-9-20(17-21)25(28)26-14-7-15-31-24-13-5-4-12-23(24)26/h2-6,8-13,17-18H,7,14-16H2,1H3. The van der Waals surface area contributed by atoms with Crippen LogP contribution in [0.5, 0.6) is 0 Å². The SMILES string of the molecule is CC1Cc2ccccc2N1S(=O)(=O)c1cccc(C(=O)N2CCCSc3ccccc32)c1. The van der Waals surface area contributed by atoms with Crippen LogP contribution < -0.4 is 9.21 Å². The van der Waals surface area contributed by atoms with E-state index >= 15 is 0 Å². The molecule has 2 aliphatic rings. The number of fused-ring (bicyclic) bond motifs is 2. The van der Waals surface area contributed by atoms with Crippen LogP contribution in [0.15, 0.2) is 82.6 Å². The van der Waals surface area contributed by atoms with Gasteiger partial charge in [0.1, 0.15) is 0 Å². The maximum absolute atomic E-state index is 13.6. The number of carbonyl (C=O) groups excluding carboxylic acids is 1. The van der Waals surface area contributed by atoms with Gasteiger partial charge in [0.2, 0.25) is 0 Å². The topological polar surface area (TPSA) is 57.7 Å². The van der Waals surface area contributed by atoms with E-state index in [-0.39, 0.29) is 16.8 Å². The second-order valence-electron chi connectivity index (χ2n) is 8.14. The van der Waals surface area contributed by atoms with E-state index in [9.17, 15) is 13.2 Å². The van der Waals surface area contributed by atoms with Gasteiger partial charge in [-0.1, -0.05) is 36.4 Å². The summed E-state index contributed by atoms with van der Waals surface area (Å²) >= 11 is 1.75. The van der Waals surface area contributed by atoms with Gasteiger partial charge in [0.25, 0.3) is 15.9 Å². The molecule has 0 aliphatic carbocycles. The first-order valence-corrected chi connectivity index (χ1v) is 13.2. The van der Waals surface area contributed by atoms with Gasteiger partial charge in [0, 0.05) is 23.0 Å². The number of hydrogen-bond donors (Lipinski definition) is 0. The monoisotopic (exact) mass is 464 g/mol. The Morgan fingerprint density at radius 1 is 0.969 bits per heavy atom. The van der Waals surface area contributed by atoms with Gasteiger partial charge in [-0.15, -0.1) is 11.8 Å². The van der Waals surface area contributed by atoms with Crippen molar-refractivity contribution >= 4 is 39.1 Å². The van der Waals surface area contributed by atoms with Crippen molar-refractivity contribution in [3.63, 3.8) is 0 Å². The molecule has 0 bridgehead atoms. The fourth-order valence-electron chi connectivity index (χ4n) is 4.50. The lowest BCUT2D eigenvalue weighted by molar-refractivity contribution is 0.0986. The molecule has 1 atom stereocenters. The predicted molar refractivity (Wildman–Crippen MR) is 129 cm³/mol. The predicted octanol–water partition coefficient (Wildman–Crippen LogP) is 4.97. The molecule has 2 aliphatic heterocycles. The Hall–Kier alpha value is -2.77. The molecule has 5 nitrogen and oxygen atoms in total. The zero-order chi connectivity index (χ0) is 22.3. The van der Waals surface area contributed by atoms with Gasteiger partial charge in [-0.3, -0.25) is 9.10 Å². The second-order valence-corrected chi connectivity index (χ2v) is 11.1. The number of rotatable bonds is 3. The minimum Gasteiger partial charge on any atom is -0.307 e. The highest BCUT2D eigenvalue weighted by molar-refractivity contribution is 7.99. The minimum absolute atomic E-state index is 0.143. The normalized spacial score (nSPS) is 18.1. The maximum Gasteiger partial charge on any atom is 0.264 e. The fraction of sp³-hybridized carbons (Fsp3) is 0.240. The van der Waals surface area contributed by atoms with Crippen molar-refractivity contribution in [3.8, 4) is 0 Å². The Kier molecular flexibility index (Phi) is 5.47. The number of anilines is 2. The third-order valence-corrected chi connectivity index (χ3v) is 9.04. The molecule has 32 heavy (non-hydrogen) atoms. The summed E-state index contributed by atoms with van der Waals surface area (Å²) < 4.78 is 28.7. The Morgan fingerprint density at radius 2 is 1.72 bits per heavy atom. The number of sulfonamides is 1.